The fourth-order valence-electron chi connectivity index (χ4n) is 5.46. The minimum absolute atomic E-state index is 0.110. The first-order valence-corrected chi connectivity index (χ1v) is 11.8. The Morgan fingerprint density at radius 1 is 1.12 bits per heavy atom. The lowest BCUT2D eigenvalue weighted by Gasteiger charge is -2.45. The molecule has 0 spiro atoms. The molecule has 3 heteroatoms. The zero-order valence-electron chi connectivity index (χ0n) is 17.5. The Balaban J connectivity index is 3.71. The Hall–Kier alpha value is -0.673. The fraction of sp³-hybridized carbons (Fsp3) is 0.762. The first kappa shape index (κ1) is 21.4. The lowest BCUT2D eigenvalue weighted by Crippen LogP contribution is -2.52. The monoisotopic (exact) mass is 350 g/mol. The molecule has 0 radical (unpaired) electrons. The van der Waals surface area contributed by atoms with Crippen molar-refractivity contribution in [2.24, 2.45) is 5.92 Å². The Kier molecular flexibility index (Phi) is 6.85. The van der Waals surface area contributed by atoms with Gasteiger partial charge in [-0.2, -0.15) is 0 Å². The summed E-state index contributed by atoms with van der Waals surface area (Å²) in [6.07, 6.45) is 3.98. The molecule has 2 nitrogen and oxygen atoms in total. The number of rotatable bonds is 7. The standard InChI is InChI=1S/C21H38O2Si/c1-11-13-21(23-12-2)18(10)17(9)19(20(21)22)24(14(3)4,15(5)6)16(7)8/h11,13-16,18H,12H2,1-10H3/b13-11+/t18-,21+/m1/s1. The topological polar surface area (TPSA) is 26.3 Å². The van der Waals surface area contributed by atoms with E-state index in [9.17, 15) is 4.79 Å². The molecule has 0 aliphatic heterocycles. The van der Waals surface area contributed by atoms with Crippen LogP contribution in [0.25, 0.3) is 0 Å². The van der Waals surface area contributed by atoms with Crippen LogP contribution in [0.2, 0.25) is 16.6 Å². The quantitative estimate of drug-likeness (QED) is 0.410. The SMILES string of the molecule is C/C=C/[C@@]1(OCC)C(=O)C([Si](C(C)C)(C(C)C)C(C)C)=C(C)[C@H]1C. The lowest BCUT2D eigenvalue weighted by molar-refractivity contribution is -0.135. The fourth-order valence-corrected chi connectivity index (χ4v) is 12.7. The van der Waals surface area contributed by atoms with E-state index in [0.717, 1.165) is 0 Å². The predicted molar refractivity (Wildman–Crippen MR) is 107 cm³/mol. The van der Waals surface area contributed by atoms with Crippen molar-refractivity contribution in [1.82, 2.24) is 0 Å². The van der Waals surface area contributed by atoms with E-state index in [4.69, 9.17) is 4.74 Å². The van der Waals surface area contributed by atoms with E-state index in [-0.39, 0.29) is 11.7 Å². The number of ether oxygens (including phenoxy) is 1. The number of Topliss-reactive ketones (excluding diaryl/α,β-unsaturated/α-hetero) is 1. The molecule has 138 valence electrons. The van der Waals surface area contributed by atoms with E-state index in [1.807, 2.05) is 26.0 Å². The van der Waals surface area contributed by atoms with E-state index < -0.39 is 13.7 Å². The van der Waals surface area contributed by atoms with Crippen molar-refractivity contribution in [2.75, 3.05) is 6.61 Å². The molecule has 0 saturated heterocycles. The molecule has 24 heavy (non-hydrogen) atoms. The summed E-state index contributed by atoms with van der Waals surface area (Å²) in [5.74, 6) is 0.356. The number of hydrogen-bond donors (Lipinski definition) is 0. The largest absolute Gasteiger partial charge is 0.362 e. The third-order valence-corrected chi connectivity index (χ3v) is 13.6. The van der Waals surface area contributed by atoms with Crippen molar-refractivity contribution in [3.63, 3.8) is 0 Å². The van der Waals surface area contributed by atoms with Crippen LogP contribution in [0.3, 0.4) is 0 Å². The van der Waals surface area contributed by atoms with Gasteiger partial charge in [-0.3, -0.25) is 4.79 Å². The van der Waals surface area contributed by atoms with Crippen molar-refractivity contribution in [3.8, 4) is 0 Å². The highest BCUT2D eigenvalue weighted by molar-refractivity contribution is 6.94. The molecule has 0 heterocycles. The van der Waals surface area contributed by atoms with E-state index in [1.165, 1.54) is 10.8 Å². The summed E-state index contributed by atoms with van der Waals surface area (Å²) in [6.45, 7) is 22.8. The zero-order valence-corrected chi connectivity index (χ0v) is 18.5. The summed E-state index contributed by atoms with van der Waals surface area (Å²) in [6, 6.07) is 0. The minimum Gasteiger partial charge on any atom is -0.362 e. The van der Waals surface area contributed by atoms with Crippen molar-refractivity contribution >= 4 is 13.9 Å². The summed E-state index contributed by atoms with van der Waals surface area (Å²) in [4.78, 5) is 13.8. The minimum atomic E-state index is -1.99. The maximum atomic E-state index is 13.8. The summed E-state index contributed by atoms with van der Waals surface area (Å²) in [5.41, 5.74) is 2.07. The molecular weight excluding hydrogens is 312 g/mol. The van der Waals surface area contributed by atoms with Crippen molar-refractivity contribution < 1.29 is 9.53 Å². The molecule has 0 saturated carbocycles. The normalized spacial score (nSPS) is 26.0. The summed E-state index contributed by atoms with van der Waals surface area (Å²) >= 11 is 0. The highest BCUT2D eigenvalue weighted by atomic mass is 28.3. The van der Waals surface area contributed by atoms with Gasteiger partial charge in [0.1, 0.15) is 0 Å². The third-order valence-electron chi connectivity index (χ3n) is 6.37. The average Bonchev–Trinajstić information content (AvgIpc) is 2.64. The van der Waals surface area contributed by atoms with Gasteiger partial charge in [-0.05, 0) is 48.7 Å². The number of allylic oxidation sites excluding steroid dienone is 1. The summed E-state index contributed by atoms with van der Waals surface area (Å²) in [7, 11) is -1.99. The van der Waals surface area contributed by atoms with E-state index in [2.05, 4.69) is 55.4 Å². The molecular formula is C21H38O2Si. The second kappa shape index (κ2) is 7.70. The maximum Gasteiger partial charge on any atom is 0.191 e. The van der Waals surface area contributed by atoms with Gasteiger partial charge >= 0.3 is 0 Å². The molecule has 0 fully saturated rings. The summed E-state index contributed by atoms with van der Waals surface area (Å²) in [5, 5.41) is 1.17. The second-order valence-electron chi connectivity index (χ2n) is 8.23. The molecule has 0 aromatic carbocycles. The van der Waals surface area contributed by atoms with Gasteiger partial charge in [-0.15, -0.1) is 0 Å². The van der Waals surface area contributed by atoms with Crippen LogP contribution >= 0.6 is 0 Å². The molecule has 0 bridgehead atoms. The van der Waals surface area contributed by atoms with E-state index in [0.29, 0.717) is 23.2 Å². The van der Waals surface area contributed by atoms with Gasteiger partial charge < -0.3 is 4.74 Å². The van der Waals surface area contributed by atoms with Crippen LogP contribution in [0.5, 0.6) is 0 Å². The van der Waals surface area contributed by atoms with Gasteiger partial charge in [0.05, 0.1) is 8.07 Å². The molecule has 0 N–H and O–H groups in total. The van der Waals surface area contributed by atoms with Crippen LogP contribution in [0.4, 0.5) is 0 Å². The Labute approximate surface area is 150 Å². The van der Waals surface area contributed by atoms with Crippen LogP contribution in [-0.4, -0.2) is 26.1 Å². The molecule has 1 rings (SSSR count). The van der Waals surface area contributed by atoms with Gasteiger partial charge in [0.15, 0.2) is 11.4 Å². The van der Waals surface area contributed by atoms with Crippen molar-refractivity contribution in [2.45, 2.75) is 91.5 Å². The molecule has 0 unspecified atom stereocenters. The highest BCUT2D eigenvalue weighted by Crippen LogP contribution is 2.54. The maximum absolute atomic E-state index is 13.8. The molecule has 1 aliphatic rings. The third kappa shape index (κ3) is 2.88. The second-order valence-corrected chi connectivity index (χ2v) is 14.1. The van der Waals surface area contributed by atoms with Crippen LogP contribution in [0.1, 0.15) is 69.2 Å². The van der Waals surface area contributed by atoms with E-state index in [1.54, 1.807) is 0 Å². The van der Waals surface area contributed by atoms with Gasteiger partial charge in [-0.1, -0.05) is 60.1 Å². The van der Waals surface area contributed by atoms with Crippen molar-refractivity contribution in [3.05, 3.63) is 22.9 Å². The summed E-state index contributed by atoms with van der Waals surface area (Å²) < 4.78 is 6.13. The molecule has 1 aliphatic carbocycles. The first-order valence-electron chi connectivity index (χ1n) is 9.59. The van der Waals surface area contributed by atoms with Crippen LogP contribution in [0.15, 0.2) is 22.9 Å². The van der Waals surface area contributed by atoms with Gasteiger partial charge in [0, 0.05) is 12.5 Å². The van der Waals surface area contributed by atoms with Crippen LogP contribution in [-0.2, 0) is 9.53 Å². The Morgan fingerprint density at radius 3 is 1.92 bits per heavy atom. The average molecular weight is 351 g/mol. The van der Waals surface area contributed by atoms with Crippen molar-refractivity contribution in [1.29, 1.82) is 0 Å². The highest BCUT2D eigenvalue weighted by Gasteiger charge is 2.59. The van der Waals surface area contributed by atoms with Gasteiger partial charge in [0.2, 0.25) is 0 Å². The van der Waals surface area contributed by atoms with Crippen LogP contribution in [0, 0.1) is 5.92 Å². The molecule has 0 aromatic heterocycles. The molecule has 0 aromatic rings. The van der Waals surface area contributed by atoms with Gasteiger partial charge in [-0.25, -0.2) is 0 Å². The Morgan fingerprint density at radius 2 is 1.58 bits per heavy atom. The molecule has 0 amide bonds. The Bertz CT molecular complexity index is 506. The number of hydrogen-bond acceptors (Lipinski definition) is 2. The lowest BCUT2D eigenvalue weighted by atomic mass is 9.87. The first-order chi connectivity index (χ1) is 11.0. The smallest absolute Gasteiger partial charge is 0.191 e. The molecule has 2 atom stereocenters. The number of carbonyl (C=O) groups is 1. The van der Waals surface area contributed by atoms with Gasteiger partial charge in [0.25, 0.3) is 0 Å². The zero-order chi connectivity index (χ0) is 18.9. The number of ketones is 1. The van der Waals surface area contributed by atoms with Crippen LogP contribution < -0.4 is 0 Å². The van der Waals surface area contributed by atoms with E-state index >= 15 is 0 Å². The number of carbonyl (C=O) groups excluding carboxylic acids is 1. The predicted octanol–water partition coefficient (Wildman–Crippen LogP) is 6.09.